The van der Waals surface area contributed by atoms with Gasteiger partial charge in [0.1, 0.15) is 0 Å². The molecule has 4 rings (SSSR count). The molecule has 6 nitrogen and oxygen atoms in total. The number of likely N-dealkylation sites (N-methyl/N-ethyl adjacent to an activating group) is 1. The molecule has 10 heteroatoms. The molecule has 0 aliphatic carbocycles. The first-order valence-corrected chi connectivity index (χ1v) is 12.9. The number of anilines is 2. The number of nitrogens with zero attached hydrogens (tertiary/aromatic N) is 3. The van der Waals surface area contributed by atoms with Crippen LogP contribution in [-0.2, 0) is 16.6 Å². The second-order valence-electron chi connectivity index (χ2n) is 7.47. The summed E-state index contributed by atoms with van der Waals surface area (Å²) in [5.41, 5.74) is 2.00. The van der Waals surface area contributed by atoms with Crippen molar-refractivity contribution in [1.29, 1.82) is 0 Å². The number of thiazole rings is 1. The van der Waals surface area contributed by atoms with Crippen LogP contribution in [-0.4, -0.2) is 44.5 Å². The van der Waals surface area contributed by atoms with Crippen LogP contribution in [0.3, 0.4) is 0 Å². The fraction of sp³-hybridized carbons (Fsp3) is 0.286. The fourth-order valence-electron chi connectivity index (χ4n) is 3.75. The summed E-state index contributed by atoms with van der Waals surface area (Å²) in [7, 11) is -1.74. The van der Waals surface area contributed by atoms with Crippen molar-refractivity contribution >= 4 is 55.4 Å². The predicted octanol–water partition coefficient (Wildman–Crippen LogP) is 4.96. The summed E-state index contributed by atoms with van der Waals surface area (Å²) in [6.45, 7) is 2.71. The molecule has 0 saturated carbocycles. The van der Waals surface area contributed by atoms with Gasteiger partial charge < -0.3 is 4.90 Å². The topological polar surface area (TPSA) is 65.5 Å². The Balaban J connectivity index is 1.43. The first kappa shape index (κ1) is 22.4. The van der Waals surface area contributed by atoms with E-state index in [2.05, 4.69) is 25.6 Å². The molecule has 31 heavy (non-hydrogen) atoms. The Hall–Kier alpha value is -1.84. The van der Waals surface area contributed by atoms with Crippen LogP contribution in [0.1, 0.15) is 12.0 Å². The number of halogens is 2. The highest BCUT2D eigenvalue weighted by Crippen LogP contribution is 2.32. The van der Waals surface area contributed by atoms with Gasteiger partial charge in [0, 0.05) is 49.3 Å². The van der Waals surface area contributed by atoms with Crippen molar-refractivity contribution in [2.45, 2.75) is 23.9 Å². The maximum absolute atomic E-state index is 12.6. The van der Waals surface area contributed by atoms with E-state index in [9.17, 15) is 8.42 Å². The van der Waals surface area contributed by atoms with Gasteiger partial charge in [0.25, 0.3) is 10.0 Å². The highest BCUT2D eigenvalue weighted by Gasteiger charge is 2.27. The fourth-order valence-corrected chi connectivity index (χ4v) is 6.16. The molecular weight excluding hydrogens is 475 g/mol. The van der Waals surface area contributed by atoms with Crippen LogP contribution in [0.4, 0.5) is 10.8 Å². The first-order valence-electron chi connectivity index (χ1n) is 9.73. The van der Waals surface area contributed by atoms with Gasteiger partial charge >= 0.3 is 0 Å². The molecule has 1 fully saturated rings. The Morgan fingerprint density at radius 1 is 1.26 bits per heavy atom. The minimum Gasteiger partial charge on any atom is -0.369 e. The van der Waals surface area contributed by atoms with Gasteiger partial charge in [-0.25, -0.2) is 13.4 Å². The standard InChI is InChI=1S/C21H22Cl2N4O2S2/c1-26(17-7-9-27(14-17)13-15-3-2-4-16(22)11-15)20-6-5-18(12-19(20)23)31(28,29)25-21-24-8-10-30-21/h2-6,8,10-12,17H,7,9,13-14H2,1H3,(H,24,25). The van der Waals surface area contributed by atoms with Gasteiger partial charge in [0.05, 0.1) is 15.6 Å². The van der Waals surface area contributed by atoms with Gasteiger partial charge in [0.2, 0.25) is 0 Å². The molecule has 2 heterocycles. The maximum Gasteiger partial charge on any atom is 0.263 e. The molecule has 1 saturated heterocycles. The first-order chi connectivity index (χ1) is 14.8. The van der Waals surface area contributed by atoms with E-state index >= 15 is 0 Å². The molecule has 1 unspecified atom stereocenters. The number of benzene rings is 2. The van der Waals surface area contributed by atoms with Crippen LogP contribution >= 0.6 is 34.5 Å². The van der Waals surface area contributed by atoms with Crippen molar-refractivity contribution in [3.63, 3.8) is 0 Å². The molecule has 0 spiro atoms. The van der Waals surface area contributed by atoms with Crippen LogP contribution in [0.15, 0.2) is 58.9 Å². The van der Waals surface area contributed by atoms with Gasteiger partial charge in [-0.05, 0) is 42.3 Å². The number of sulfonamides is 1. The van der Waals surface area contributed by atoms with Crippen molar-refractivity contribution in [3.05, 3.63) is 69.7 Å². The molecule has 3 aromatic rings. The van der Waals surface area contributed by atoms with E-state index < -0.39 is 10.0 Å². The van der Waals surface area contributed by atoms with Gasteiger partial charge in [-0.3, -0.25) is 9.62 Å². The third kappa shape index (κ3) is 5.32. The molecule has 0 bridgehead atoms. The van der Waals surface area contributed by atoms with Crippen LogP contribution in [0.25, 0.3) is 0 Å². The van der Waals surface area contributed by atoms with Crippen molar-refractivity contribution in [2.24, 2.45) is 0 Å². The monoisotopic (exact) mass is 496 g/mol. The number of hydrogen-bond donors (Lipinski definition) is 1. The summed E-state index contributed by atoms with van der Waals surface area (Å²) in [6, 6.07) is 13.0. The lowest BCUT2D eigenvalue weighted by molar-refractivity contribution is 0.326. The van der Waals surface area contributed by atoms with E-state index in [1.807, 2.05) is 25.2 Å². The molecule has 2 aromatic carbocycles. The molecule has 164 valence electrons. The Morgan fingerprint density at radius 3 is 2.81 bits per heavy atom. The molecule has 0 amide bonds. The zero-order valence-corrected chi connectivity index (χ0v) is 20.0. The average molecular weight is 497 g/mol. The second kappa shape index (κ2) is 9.34. The average Bonchev–Trinajstić information content (AvgIpc) is 3.39. The van der Waals surface area contributed by atoms with Crippen molar-refractivity contribution in [2.75, 3.05) is 29.8 Å². The number of nitrogens with one attached hydrogen (secondary N) is 1. The molecule has 1 aromatic heterocycles. The highest BCUT2D eigenvalue weighted by molar-refractivity contribution is 7.93. The summed E-state index contributed by atoms with van der Waals surface area (Å²) in [5, 5.41) is 3.18. The summed E-state index contributed by atoms with van der Waals surface area (Å²) < 4.78 is 27.7. The van der Waals surface area contributed by atoms with Gasteiger partial charge in [-0.15, -0.1) is 11.3 Å². The van der Waals surface area contributed by atoms with Crippen LogP contribution in [0.5, 0.6) is 0 Å². The summed E-state index contributed by atoms with van der Waals surface area (Å²) in [6.07, 6.45) is 2.55. The number of likely N-dealkylation sites (tertiary alicyclic amines) is 1. The van der Waals surface area contributed by atoms with E-state index in [4.69, 9.17) is 23.2 Å². The maximum atomic E-state index is 12.6. The largest absolute Gasteiger partial charge is 0.369 e. The van der Waals surface area contributed by atoms with Crippen molar-refractivity contribution in [3.8, 4) is 0 Å². The quantitative estimate of drug-likeness (QED) is 0.500. The lowest BCUT2D eigenvalue weighted by atomic mass is 10.2. The SMILES string of the molecule is CN(c1ccc(S(=O)(=O)Nc2nccs2)cc1Cl)C1CCN(Cc2cccc(Cl)c2)C1. The molecule has 1 aliphatic heterocycles. The lowest BCUT2D eigenvalue weighted by Gasteiger charge is -2.28. The third-order valence-corrected chi connectivity index (χ3v) is 8.05. The summed E-state index contributed by atoms with van der Waals surface area (Å²) in [4.78, 5) is 8.59. The molecular formula is C21H22Cl2N4O2S2. The van der Waals surface area contributed by atoms with E-state index in [1.54, 1.807) is 23.7 Å². The highest BCUT2D eigenvalue weighted by atomic mass is 35.5. The van der Waals surface area contributed by atoms with Crippen molar-refractivity contribution < 1.29 is 8.42 Å². The molecule has 1 N–H and O–H groups in total. The van der Waals surface area contributed by atoms with Crippen LogP contribution < -0.4 is 9.62 Å². The number of rotatable bonds is 7. The number of hydrogen-bond acceptors (Lipinski definition) is 6. The second-order valence-corrected chi connectivity index (χ2v) is 10.9. The zero-order valence-electron chi connectivity index (χ0n) is 16.8. The van der Waals surface area contributed by atoms with E-state index in [0.717, 1.165) is 36.8 Å². The Morgan fingerprint density at radius 2 is 2.10 bits per heavy atom. The number of aromatic nitrogens is 1. The molecule has 1 atom stereocenters. The van der Waals surface area contributed by atoms with Crippen LogP contribution in [0, 0.1) is 0 Å². The minimum absolute atomic E-state index is 0.110. The summed E-state index contributed by atoms with van der Waals surface area (Å²) >= 11 is 13.8. The predicted molar refractivity (Wildman–Crippen MR) is 128 cm³/mol. The Bertz CT molecular complexity index is 1160. The van der Waals surface area contributed by atoms with E-state index in [-0.39, 0.29) is 10.9 Å². The normalized spacial score (nSPS) is 17.1. The smallest absolute Gasteiger partial charge is 0.263 e. The molecule has 1 aliphatic rings. The molecule has 0 radical (unpaired) electrons. The summed E-state index contributed by atoms with van der Waals surface area (Å²) in [5.74, 6) is 0. The minimum atomic E-state index is -3.74. The van der Waals surface area contributed by atoms with Crippen molar-refractivity contribution in [1.82, 2.24) is 9.88 Å². The van der Waals surface area contributed by atoms with E-state index in [0.29, 0.717) is 10.2 Å². The van der Waals surface area contributed by atoms with E-state index in [1.165, 1.54) is 23.0 Å². The van der Waals surface area contributed by atoms with Gasteiger partial charge in [-0.2, -0.15) is 0 Å². The Labute approximate surface area is 196 Å². The van der Waals surface area contributed by atoms with Gasteiger partial charge in [-0.1, -0.05) is 35.3 Å². The zero-order chi connectivity index (χ0) is 22.0. The third-order valence-electron chi connectivity index (χ3n) is 5.35. The lowest BCUT2D eigenvalue weighted by Crippen LogP contribution is -2.34. The Kier molecular flexibility index (Phi) is 6.74. The van der Waals surface area contributed by atoms with Gasteiger partial charge in [0.15, 0.2) is 5.13 Å². The van der Waals surface area contributed by atoms with Crippen LogP contribution in [0.2, 0.25) is 10.0 Å².